The van der Waals surface area contributed by atoms with Crippen molar-refractivity contribution in [1.82, 2.24) is 19.8 Å². The highest BCUT2D eigenvalue weighted by atomic mass is 32.2. The Morgan fingerprint density at radius 3 is 2.78 bits per heavy atom. The van der Waals surface area contributed by atoms with Crippen molar-refractivity contribution in [3.05, 3.63) is 11.8 Å². The number of hydrogen-bond donors (Lipinski definition) is 2. The van der Waals surface area contributed by atoms with Gasteiger partial charge >= 0.3 is 5.97 Å². The van der Waals surface area contributed by atoms with Crippen molar-refractivity contribution in [2.45, 2.75) is 57.5 Å². The fourth-order valence-corrected chi connectivity index (χ4v) is 4.87. The number of unbranched alkanes of at least 4 members (excludes halogenated alkanes) is 1. The van der Waals surface area contributed by atoms with Crippen LogP contribution in [0, 0.1) is 5.92 Å². The molecule has 9 nitrogen and oxygen atoms in total. The number of hydrogen-bond acceptors (Lipinski definition) is 6. The van der Waals surface area contributed by atoms with E-state index < -0.39 is 21.9 Å². The molecule has 0 bridgehead atoms. The Kier molecular flexibility index (Phi) is 7.37. The Labute approximate surface area is 159 Å². The van der Waals surface area contributed by atoms with Crippen LogP contribution in [0.25, 0.3) is 0 Å². The maximum atomic E-state index is 13.1. The summed E-state index contributed by atoms with van der Waals surface area (Å²) in [5.41, 5.74) is -0.126. The second-order valence-electron chi connectivity index (χ2n) is 6.68. The predicted molar refractivity (Wildman–Crippen MR) is 98.5 cm³/mol. The average Bonchev–Trinajstić information content (AvgIpc) is 3.13. The van der Waals surface area contributed by atoms with Crippen LogP contribution in [0.5, 0.6) is 0 Å². The van der Waals surface area contributed by atoms with Crippen molar-refractivity contribution in [3.8, 4) is 0 Å². The van der Waals surface area contributed by atoms with Crippen LogP contribution in [-0.4, -0.2) is 60.5 Å². The van der Waals surface area contributed by atoms with E-state index in [1.807, 2.05) is 6.92 Å². The van der Waals surface area contributed by atoms with Crippen molar-refractivity contribution < 1.29 is 22.7 Å². The lowest BCUT2D eigenvalue weighted by Crippen LogP contribution is -2.49. The molecular weight excluding hydrogens is 372 g/mol. The molecular formula is C17H28N4O5S. The number of aromatic amines is 1. The smallest absolute Gasteiger partial charge is 0.342 e. The molecule has 1 saturated heterocycles. The zero-order valence-corrected chi connectivity index (χ0v) is 16.8. The summed E-state index contributed by atoms with van der Waals surface area (Å²) >= 11 is 0. The van der Waals surface area contributed by atoms with Crippen LogP contribution in [0.1, 0.15) is 56.8 Å². The van der Waals surface area contributed by atoms with Gasteiger partial charge < -0.3 is 10.1 Å². The number of nitrogens with one attached hydrogen (secondary N) is 2. The number of sulfonamides is 1. The van der Waals surface area contributed by atoms with Gasteiger partial charge in [0.15, 0.2) is 5.03 Å². The molecule has 1 amide bonds. The molecule has 0 saturated carbocycles. The Morgan fingerprint density at radius 2 is 2.11 bits per heavy atom. The Bertz CT molecular complexity index is 761. The van der Waals surface area contributed by atoms with E-state index in [1.165, 1.54) is 4.31 Å². The molecule has 10 heteroatoms. The van der Waals surface area contributed by atoms with Crippen LogP contribution in [0.2, 0.25) is 0 Å². The summed E-state index contributed by atoms with van der Waals surface area (Å²) in [5.74, 6) is -1.30. The summed E-state index contributed by atoms with van der Waals surface area (Å²) in [6.45, 7) is 6.26. The van der Waals surface area contributed by atoms with Gasteiger partial charge in [-0.05, 0) is 33.1 Å². The summed E-state index contributed by atoms with van der Waals surface area (Å²) in [4.78, 5) is 24.4. The van der Waals surface area contributed by atoms with Gasteiger partial charge in [0.2, 0.25) is 5.91 Å². The quantitative estimate of drug-likeness (QED) is 0.501. The lowest BCUT2D eigenvalue weighted by atomic mass is 9.94. The van der Waals surface area contributed by atoms with Crippen LogP contribution in [-0.2, 0) is 19.6 Å². The molecule has 1 aromatic heterocycles. The lowest BCUT2D eigenvalue weighted by molar-refractivity contribution is -0.126. The maximum Gasteiger partial charge on any atom is 0.342 e. The first-order valence-corrected chi connectivity index (χ1v) is 10.8. The molecule has 27 heavy (non-hydrogen) atoms. The zero-order valence-electron chi connectivity index (χ0n) is 16.0. The highest BCUT2D eigenvalue weighted by molar-refractivity contribution is 7.89. The fraction of sp³-hybridized carbons (Fsp3) is 0.706. The first-order valence-electron chi connectivity index (χ1n) is 9.32. The van der Waals surface area contributed by atoms with E-state index in [0.717, 1.165) is 19.0 Å². The normalized spacial score (nSPS) is 21.0. The van der Waals surface area contributed by atoms with Gasteiger partial charge in [0.05, 0.1) is 18.7 Å². The van der Waals surface area contributed by atoms with Crippen LogP contribution in [0.4, 0.5) is 0 Å². The standard InChI is InChI=1S/C17H28N4O5S/c1-4-6-9-18-15(22)13-8-7-12(3)21(11-13)27(24,25)16-14(10-19-20-16)17(23)26-5-2/h10,12-13H,4-9,11H2,1-3H3,(H,18,22)(H,19,20)/t12-,13+/m0/s1. The summed E-state index contributed by atoms with van der Waals surface area (Å²) in [7, 11) is -4.02. The number of carbonyl (C=O) groups excluding carboxylic acids is 2. The predicted octanol–water partition coefficient (Wildman–Crippen LogP) is 1.29. The molecule has 0 aromatic carbocycles. The van der Waals surface area contributed by atoms with E-state index in [4.69, 9.17) is 4.74 Å². The Hall–Kier alpha value is -1.94. The van der Waals surface area contributed by atoms with Crippen molar-refractivity contribution in [2.24, 2.45) is 5.92 Å². The molecule has 1 aliphatic rings. The van der Waals surface area contributed by atoms with Crippen LogP contribution >= 0.6 is 0 Å². The van der Waals surface area contributed by atoms with Crippen LogP contribution in [0.15, 0.2) is 11.2 Å². The third-order valence-electron chi connectivity index (χ3n) is 4.69. The minimum absolute atomic E-state index is 0.0722. The minimum atomic E-state index is -4.02. The van der Waals surface area contributed by atoms with Crippen molar-refractivity contribution >= 4 is 21.9 Å². The maximum absolute atomic E-state index is 13.1. The van der Waals surface area contributed by atoms with Gasteiger partial charge in [-0.15, -0.1) is 0 Å². The molecule has 1 fully saturated rings. The second-order valence-corrected chi connectivity index (χ2v) is 8.50. The van der Waals surface area contributed by atoms with Crippen molar-refractivity contribution in [1.29, 1.82) is 0 Å². The molecule has 0 unspecified atom stereocenters. The largest absolute Gasteiger partial charge is 0.462 e. The van der Waals surface area contributed by atoms with Crippen molar-refractivity contribution in [3.63, 3.8) is 0 Å². The number of esters is 1. The van der Waals surface area contributed by atoms with Gasteiger partial charge in [-0.25, -0.2) is 13.2 Å². The van der Waals surface area contributed by atoms with Gasteiger partial charge in [-0.1, -0.05) is 13.3 Å². The highest BCUT2D eigenvalue weighted by Crippen LogP contribution is 2.29. The van der Waals surface area contributed by atoms with Crippen LogP contribution in [0.3, 0.4) is 0 Å². The van der Waals surface area contributed by atoms with Gasteiger partial charge in [-0.3, -0.25) is 9.89 Å². The van der Waals surface area contributed by atoms with E-state index in [0.29, 0.717) is 19.4 Å². The third-order valence-corrected chi connectivity index (χ3v) is 6.65. The molecule has 2 N–H and O–H groups in total. The number of aromatic nitrogens is 2. The summed E-state index contributed by atoms with van der Waals surface area (Å²) in [6, 6.07) is -0.284. The number of amides is 1. The fourth-order valence-electron chi connectivity index (χ4n) is 3.10. The zero-order chi connectivity index (χ0) is 20.0. The first kappa shape index (κ1) is 21.4. The summed E-state index contributed by atoms with van der Waals surface area (Å²) in [5, 5.41) is 8.69. The van der Waals surface area contributed by atoms with Gasteiger partial charge in [0, 0.05) is 19.1 Å². The Balaban J connectivity index is 2.20. The van der Waals surface area contributed by atoms with Crippen LogP contribution < -0.4 is 5.32 Å². The molecule has 2 heterocycles. The number of H-pyrrole nitrogens is 1. The van der Waals surface area contributed by atoms with Gasteiger partial charge in [0.1, 0.15) is 5.56 Å². The number of carbonyl (C=O) groups is 2. The molecule has 0 spiro atoms. The average molecular weight is 401 g/mol. The van der Waals surface area contributed by atoms with E-state index in [1.54, 1.807) is 13.8 Å². The third kappa shape index (κ3) is 4.86. The second kappa shape index (κ2) is 9.32. The minimum Gasteiger partial charge on any atom is -0.462 e. The van der Waals surface area contributed by atoms with Gasteiger partial charge in [-0.2, -0.15) is 9.40 Å². The Morgan fingerprint density at radius 1 is 1.37 bits per heavy atom. The van der Waals surface area contributed by atoms with E-state index >= 15 is 0 Å². The number of piperidine rings is 1. The monoisotopic (exact) mass is 400 g/mol. The lowest BCUT2D eigenvalue weighted by Gasteiger charge is -2.36. The topological polar surface area (TPSA) is 121 Å². The molecule has 1 aromatic rings. The van der Waals surface area contributed by atoms with E-state index in [-0.39, 0.29) is 35.7 Å². The summed E-state index contributed by atoms with van der Waals surface area (Å²) in [6.07, 6.45) is 4.19. The summed E-state index contributed by atoms with van der Waals surface area (Å²) < 4.78 is 32.4. The number of nitrogens with zero attached hydrogens (tertiary/aromatic N) is 2. The SMILES string of the molecule is CCCCNC(=O)[C@@H]1CC[C@H](C)N(S(=O)(=O)c2[nH]ncc2C(=O)OCC)C1. The van der Waals surface area contributed by atoms with Gasteiger partial charge in [0.25, 0.3) is 10.0 Å². The molecule has 2 rings (SSSR count). The number of rotatable bonds is 8. The number of ether oxygens (including phenoxy) is 1. The van der Waals surface area contributed by atoms with E-state index in [2.05, 4.69) is 15.5 Å². The molecule has 2 atom stereocenters. The van der Waals surface area contributed by atoms with E-state index in [9.17, 15) is 18.0 Å². The molecule has 0 radical (unpaired) electrons. The molecule has 1 aliphatic heterocycles. The molecule has 152 valence electrons. The highest BCUT2D eigenvalue weighted by Gasteiger charge is 2.40. The first-order chi connectivity index (χ1) is 12.8. The van der Waals surface area contributed by atoms with Crippen molar-refractivity contribution in [2.75, 3.05) is 19.7 Å². The molecule has 0 aliphatic carbocycles.